The number of carboxylic acid groups (broad SMARTS) is 5. The lowest BCUT2D eigenvalue weighted by Gasteiger charge is -2.25. The number of hydrogen-bond donors (Lipinski definition) is 27. The summed E-state index contributed by atoms with van der Waals surface area (Å²) in [6.45, 7) is 6.21. The summed E-state index contributed by atoms with van der Waals surface area (Å²) in [4.78, 5) is 123. The summed E-state index contributed by atoms with van der Waals surface area (Å²) in [5.41, 5.74) is 49.6. The van der Waals surface area contributed by atoms with E-state index < -0.39 is 171 Å². The third kappa shape index (κ3) is 27.7. The first-order chi connectivity index (χ1) is 47.9. The first-order valence-electron chi connectivity index (χ1n) is 34.3. The highest BCUT2D eigenvalue weighted by Gasteiger charge is 2.56. The molecule has 0 aromatic heterocycles. The van der Waals surface area contributed by atoms with Crippen LogP contribution in [-0.4, -0.2) is 342 Å². The maximum atomic E-state index is 12.3. The molecule has 0 aromatic rings. The number of aliphatic carboxylic acids is 5. The van der Waals surface area contributed by atoms with Crippen molar-refractivity contribution in [3.63, 3.8) is 0 Å². The zero-order valence-electron chi connectivity index (χ0n) is 59.5. The summed E-state index contributed by atoms with van der Waals surface area (Å²) in [7, 11) is -7.18. The average Bonchev–Trinajstić information content (AvgIpc) is 1.67. The number of nitrogens with zero attached hydrogens (tertiary/aromatic N) is 5. The van der Waals surface area contributed by atoms with E-state index in [0.717, 1.165) is 0 Å². The van der Waals surface area contributed by atoms with Gasteiger partial charge in [0.25, 0.3) is 0 Å². The molecule has 0 unspecified atom stereocenters. The van der Waals surface area contributed by atoms with Gasteiger partial charge in [0, 0.05) is 95.0 Å². The number of hydrogen-bond acceptors (Lipinski definition) is 32. The van der Waals surface area contributed by atoms with Gasteiger partial charge in [-0.2, -0.15) is 0 Å². The second-order valence-corrected chi connectivity index (χ2v) is 28.2. The lowest BCUT2D eigenvalue weighted by molar-refractivity contribution is -0.145. The van der Waals surface area contributed by atoms with E-state index >= 15 is 0 Å². The summed E-state index contributed by atoms with van der Waals surface area (Å²) < 4.78 is 0. The Balaban J connectivity index is 0.000000651. The minimum absolute atomic E-state index is 0.0481. The largest absolute Gasteiger partial charge is 0.480 e. The van der Waals surface area contributed by atoms with Crippen LogP contribution >= 0.6 is 0 Å². The minimum atomic E-state index is -1.60. The predicted octanol–water partition coefficient (Wildman–Crippen LogP) is -12.3. The third-order valence-corrected chi connectivity index (χ3v) is 19.7. The normalized spacial score (nSPS) is 26.9. The van der Waals surface area contributed by atoms with Crippen LogP contribution in [0.3, 0.4) is 0 Å². The molecule has 0 aliphatic carbocycles. The molecule has 0 spiro atoms. The van der Waals surface area contributed by atoms with Crippen molar-refractivity contribution in [2.75, 3.05) is 78.6 Å². The number of rotatable bonds is 33. The maximum Gasteiger partial charge on any atom is 0.451 e. The standard InChI is InChI=1S/C13H26BN3O5.C12H24BN3O6.C11H22BN3O6.C11H22BN3O5.C10H20BN3O5/c1-8(2)10(15)11(18)17-6-9(4-3-5-14(21)22)13(16,7-17)12(19)20;1-7(17)9(14)10(18)16-5-8(3-2-4-13(21)22)12(15,6-16)11(19)20;13-8(5-16)9(17)15-4-7(2-1-3-12(20)21)11(14,6-15)10(18)19;1-7(13)9(16)15-5-8(3-2-4-12(19)20)11(14,6-15)10(17)18;12-4-8(15)14-5-7(2-1-3-11(18)19)10(13,6-14)9(16)17/h8-10,21-22H,3-7,15-16H2,1-2H3,(H,19,20);7-9,17,21-22H,2-6,14-15H2,1H3,(H,19,20);7-8,16,20-21H,1-6,13-14H2,(H,18,19);7-8,19-20H,2-6,13-14H2,1H3,(H,17,18);7,18-19H,1-6,12-13H2,(H,16,17)/t9-,10-,13-;7-,8+,9+,12+;2*7-,8-,11-;7-,10-/m01000/s1. The summed E-state index contributed by atoms with van der Waals surface area (Å²) in [6.07, 6.45) is 3.54. The van der Waals surface area contributed by atoms with Gasteiger partial charge in [-0.15, -0.1) is 0 Å². The van der Waals surface area contributed by atoms with Crippen LogP contribution in [0.5, 0.6) is 0 Å². The summed E-state index contributed by atoms with van der Waals surface area (Å²) in [5.74, 6) is -10.3. The highest BCUT2D eigenvalue weighted by molar-refractivity contribution is 6.42. The van der Waals surface area contributed by atoms with Crippen molar-refractivity contribution in [3.05, 3.63) is 0 Å². The highest BCUT2D eigenvalue weighted by atomic mass is 16.4. The molecule has 0 radical (unpaired) electrons. The molecule has 47 heteroatoms. The predicted molar refractivity (Wildman–Crippen MR) is 375 cm³/mol. The topological polar surface area (TPSA) is 791 Å². The van der Waals surface area contributed by atoms with E-state index in [0.29, 0.717) is 64.2 Å². The lowest BCUT2D eigenvalue weighted by atomic mass is 9.78. The molecule has 5 fully saturated rings. The van der Waals surface area contributed by atoms with Crippen LogP contribution in [0.25, 0.3) is 0 Å². The van der Waals surface area contributed by atoms with E-state index in [4.69, 9.17) is 113 Å². The minimum Gasteiger partial charge on any atom is -0.480 e. The molecule has 594 valence electrons. The van der Waals surface area contributed by atoms with Gasteiger partial charge >= 0.3 is 65.4 Å². The van der Waals surface area contributed by atoms with Crippen LogP contribution in [0.15, 0.2) is 0 Å². The Labute approximate surface area is 604 Å². The quantitative estimate of drug-likeness (QED) is 0.0271. The molecule has 5 rings (SSSR count). The van der Waals surface area contributed by atoms with E-state index in [1.807, 2.05) is 13.8 Å². The van der Waals surface area contributed by atoms with Gasteiger partial charge in [-0.3, -0.25) is 47.9 Å². The van der Waals surface area contributed by atoms with E-state index in [9.17, 15) is 78.6 Å². The van der Waals surface area contributed by atoms with Gasteiger partial charge in [0.15, 0.2) is 0 Å². The number of carboxylic acids is 5. The van der Waals surface area contributed by atoms with Gasteiger partial charge in [0.05, 0.1) is 31.3 Å². The van der Waals surface area contributed by atoms with Gasteiger partial charge in [0.1, 0.15) is 39.8 Å². The van der Waals surface area contributed by atoms with Crippen LogP contribution in [-0.2, 0) is 47.9 Å². The zero-order chi connectivity index (χ0) is 80.5. The Morgan fingerprint density at radius 3 is 0.808 bits per heavy atom. The molecule has 5 aliphatic rings. The molecular weight excluding hydrogens is 1380 g/mol. The lowest BCUT2D eigenvalue weighted by Crippen LogP contribution is -2.56. The van der Waals surface area contributed by atoms with Crippen LogP contribution in [0.4, 0.5) is 0 Å². The van der Waals surface area contributed by atoms with Crippen molar-refractivity contribution in [2.24, 2.45) is 92.8 Å². The monoisotopic (exact) mass is 1500 g/mol. The number of amides is 5. The molecule has 104 heavy (non-hydrogen) atoms. The molecule has 5 saturated heterocycles. The van der Waals surface area contributed by atoms with E-state index in [-0.39, 0.29) is 127 Å². The summed E-state index contributed by atoms with van der Waals surface area (Å²) in [6, 6.07) is -3.61. The van der Waals surface area contributed by atoms with Crippen LogP contribution in [0.1, 0.15) is 91.9 Å². The molecular formula is C57H114B5N15O27. The Morgan fingerprint density at radius 1 is 0.385 bits per heavy atom. The van der Waals surface area contributed by atoms with Gasteiger partial charge in [0.2, 0.25) is 29.5 Å². The number of aliphatic hydroxyl groups is 2. The summed E-state index contributed by atoms with van der Waals surface area (Å²) >= 11 is 0. The first kappa shape index (κ1) is 96.2. The smallest absolute Gasteiger partial charge is 0.451 e. The van der Waals surface area contributed by atoms with Gasteiger partial charge in [-0.25, -0.2) is 0 Å². The van der Waals surface area contributed by atoms with Gasteiger partial charge in [-0.1, -0.05) is 46.0 Å². The van der Waals surface area contributed by atoms with Crippen molar-refractivity contribution in [2.45, 2.75) is 181 Å². The van der Waals surface area contributed by atoms with Crippen LogP contribution < -0.4 is 57.3 Å². The fraction of sp³-hybridized carbons (Fsp3) is 0.825. The molecule has 0 aromatic carbocycles. The molecule has 37 N–H and O–H groups in total. The Bertz CT molecular complexity index is 2730. The molecule has 0 bridgehead atoms. The Morgan fingerprint density at radius 2 is 0.606 bits per heavy atom. The van der Waals surface area contributed by atoms with Crippen LogP contribution in [0, 0.1) is 35.5 Å². The fourth-order valence-electron chi connectivity index (χ4n) is 12.9. The van der Waals surface area contributed by atoms with Crippen molar-refractivity contribution in [1.29, 1.82) is 0 Å². The Hall–Kier alpha value is -5.86. The molecule has 0 saturated carbocycles. The number of likely N-dealkylation sites (tertiary alicyclic amines) is 5. The van der Waals surface area contributed by atoms with Crippen molar-refractivity contribution < 1.29 is 134 Å². The van der Waals surface area contributed by atoms with Crippen molar-refractivity contribution in [3.8, 4) is 0 Å². The number of carbonyl (C=O) groups excluding carboxylic acids is 5. The van der Waals surface area contributed by atoms with Gasteiger partial charge < -0.3 is 168 Å². The maximum absolute atomic E-state index is 12.3. The molecule has 5 aliphatic heterocycles. The molecule has 42 nitrogen and oxygen atoms in total. The van der Waals surface area contributed by atoms with E-state index in [2.05, 4.69) is 0 Å². The van der Waals surface area contributed by atoms with Gasteiger partial charge in [-0.05, 0) is 83.5 Å². The molecule has 5 heterocycles. The van der Waals surface area contributed by atoms with Crippen molar-refractivity contribution in [1.82, 2.24) is 24.5 Å². The molecule has 5 amide bonds. The number of nitrogens with two attached hydrogens (primary N) is 10. The fourth-order valence-corrected chi connectivity index (χ4v) is 12.9. The highest BCUT2D eigenvalue weighted by Crippen LogP contribution is 2.36. The summed E-state index contributed by atoms with van der Waals surface area (Å²) in [5, 5.41) is 153. The second kappa shape index (κ2) is 43.2. The third-order valence-electron chi connectivity index (χ3n) is 19.7. The first-order valence-corrected chi connectivity index (χ1v) is 34.3. The number of aliphatic hydroxyl groups excluding tert-OH is 2. The molecule has 15 atom stereocenters. The van der Waals surface area contributed by atoms with Crippen LogP contribution in [0.2, 0.25) is 31.6 Å². The van der Waals surface area contributed by atoms with Crippen molar-refractivity contribution >= 4 is 95.0 Å². The zero-order valence-corrected chi connectivity index (χ0v) is 59.5. The Kier molecular flexibility index (Phi) is 40.0. The average molecular weight is 1500 g/mol. The van der Waals surface area contributed by atoms with E-state index in [1.165, 1.54) is 38.3 Å². The SMILES string of the molecule is CC(C)[C@H](N)C(=O)N1C[C@H](CCCB(O)O)[C@](N)(C(=O)O)C1.C[C@@H](O)[C@H](N)C(=O)N1C[C@H](CCCB(O)O)[C@](N)(C(=O)O)C1.C[C@H](N)C(=O)N1C[C@H](CCCB(O)O)[C@](N)(C(=O)O)C1.NCC(=O)N1C[C@H](CCCB(O)O)[C@](N)(C(=O)O)C1.N[C@@H](CO)C(=O)N1C[C@H](CCCB(O)O)[C@](N)(C(=O)O)C1. The number of carbonyl (C=O) groups is 10. The second-order valence-electron chi connectivity index (χ2n) is 28.2. The van der Waals surface area contributed by atoms with E-state index in [1.54, 1.807) is 0 Å².